The van der Waals surface area contributed by atoms with Crippen LogP contribution in [0.2, 0.25) is 0 Å². The average Bonchev–Trinajstić information content (AvgIpc) is 2.40. The summed E-state index contributed by atoms with van der Waals surface area (Å²) in [5.74, 6) is 0.472. The van der Waals surface area contributed by atoms with E-state index in [1.807, 2.05) is 12.1 Å². The third kappa shape index (κ3) is 3.67. The Morgan fingerprint density at radius 2 is 2.05 bits per heavy atom. The normalized spacial score (nSPS) is 9.95. The van der Waals surface area contributed by atoms with Gasteiger partial charge in [0, 0.05) is 25.4 Å². The molecule has 0 atom stereocenters. The highest BCUT2D eigenvalue weighted by Gasteiger charge is 2.05. The number of amides is 1. The second-order valence-electron chi connectivity index (χ2n) is 3.91. The summed E-state index contributed by atoms with van der Waals surface area (Å²) in [6.45, 7) is 1.77. The zero-order valence-electron chi connectivity index (χ0n) is 10.5. The molecule has 0 saturated carbocycles. The van der Waals surface area contributed by atoms with Gasteiger partial charge in [-0.1, -0.05) is 0 Å². The number of aromatic nitrogens is 2. The van der Waals surface area contributed by atoms with E-state index in [9.17, 15) is 4.79 Å². The lowest BCUT2D eigenvalue weighted by molar-refractivity contribution is -0.114. The van der Waals surface area contributed by atoms with Gasteiger partial charge in [-0.2, -0.15) is 4.98 Å². The summed E-state index contributed by atoms with van der Waals surface area (Å²) in [5.41, 5.74) is 7.08. The van der Waals surface area contributed by atoms with Crippen molar-refractivity contribution in [2.75, 3.05) is 11.1 Å². The van der Waals surface area contributed by atoms with Crippen LogP contribution in [0.3, 0.4) is 0 Å². The number of anilines is 2. The second-order valence-corrected chi connectivity index (χ2v) is 3.91. The van der Waals surface area contributed by atoms with Crippen LogP contribution in [0.4, 0.5) is 11.5 Å². The molecule has 0 aliphatic carbocycles. The maximum absolute atomic E-state index is 11.0. The number of hydrogen-bond donors (Lipinski definition) is 2. The van der Waals surface area contributed by atoms with Crippen LogP contribution in [0.1, 0.15) is 12.5 Å². The van der Waals surface area contributed by atoms with Gasteiger partial charge in [-0.05, 0) is 23.8 Å². The molecule has 0 unspecified atom stereocenters. The third-order valence-corrected chi connectivity index (χ3v) is 2.33. The smallest absolute Gasteiger partial charge is 0.222 e. The molecule has 98 valence electrons. The van der Waals surface area contributed by atoms with Gasteiger partial charge < -0.3 is 15.8 Å². The van der Waals surface area contributed by atoms with Gasteiger partial charge in [0.05, 0.1) is 5.69 Å². The summed E-state index contributed by atoms with van der Waals surface area (Å²) < 4.78 is 5.52. The minimum atomic E-state index is -0.231. The second kappa shape index (κ2) is 5.81. The number of hydrogen-bond acceptors (Lipinski definition) is 5. The van der Waals surface area contributed by atoms with Crippen molar-refractivity contribution in [2.45, 2.75) is 13.5 Å². The quantitative estimate of drug-likeness (QED) is 0.869. The first-order valence-electron chi connectivity index (χ1n) is 5.71. The fourth-order valence-corrected chi connectivity index (χ4v) is 1.44. The highest BCUT2D eigenvalue weighted by Crippen LogP contribution is 2.20. The highest BCUT2D eigenvalue weighted by atomic mass is 16.5. The van der Waals surface area contributed by atoms with E-state index in [1.54, 1.807) is 24.5 Å². The van der Waals surface area contributed by atoms with E-state index < -0.39 is 0 Å². The molecule has 2 heterocycles. The van der Waals surface area contributed by atoms with Crippen molar-refractivity contribution in [1.82, 2.24) is 9.97 Å². The van der Waals surface area contributed by atoms with Crippen molar-refractivity contribution in [1.29, 1.82) is 0 Å². The molecule has 0 radical (unpaired) electrons. The van der Waals surface area contributed by atoms with Gasteiger partial charge in [-0.3, -0.25) is 9.78 Å². The number of nitrogens with zero attached hydrogens (tertiary/aromatic N) is 2. The summed E-state index contributed by atoms with van der Waals surface area (Å²) in [4.78, 5) is 19.1. The molecule has 6 nitrogen and oxygen atoms in total. The molecular weight excluding hydrogens is 244 g/mol. The predicted molar refractivity (Wildman–Crippen MR) is 71.5 cm³/mol. The summed E-state index contributed by atoms with van der Waals surface area (Å²) in [6, 6.07) is 7.00. The monoisotopic (exact) mass is 258 g/mol. The molecule has 19 heavy (non-hydrogen) atoms. The summed E-state index contributed by atoms with van der Waals surface area (Å²) in [7, 11) is 0. The first-order chi connectivity index (χ1) is 9.15. The molecule has 0 saturated heterocycles. The largest absolute Gasteiger partial charge is 0.473 e. The maximum atomic E-state index is 11.0. The molecule has 3 N–H and O–H groups in total. The Kier molecular flexibility index (Phi) is 3.92. The van der Waals surface area contributed by atoms with Gasteiger partial charge in [0.2, 0.25) is 11.8 Å². The van der Waals surface area contributed by atoms with Crippen LogP contribution in [0.25, 0.3) is 0 Å². The summed E-state index contributed by atoms with van der Waals surface area (Å²) >= 11 is 0. The summed E-state index contributed by atoms with van der Waals surface area (Å²) in [6.07, 6.45) is 3.38. The summed E-state index contributed by atoms with van der Waals surface area (Å²) in [5, 5.41) is 2.55. The van der Waals surface area contributed by atoms with Gasteiger partial charge in [-0.25, -0.2) is 0 Å². The fourth-order valence-electron chi connectivity index (χ4n) is 1.44. The molecule has 0 aliphatic rings. The number of carbonyl (C=O) groups excluding carboxylic acids is 1. The average molecular weight is 258 g/mol. The Labute approximate surface area is 110 Å². The first-order valence-corrected chi connectivity index (χ1v) is 5.71. The fraction of sp³-hybridized carbons (Fsp3) is 0.154. The number of nitrogen functional groups attached to an aromatic ring is 1. The molecule has 2 aromatic rings. The lowest BCUT2D eigenvalue weighted by Crippen LogP contribution is -2.10. The van der Waals surface area contributed by atoms with Crippen LogP contribution in [-0.4, -0.2) is 15.9 Å². The molecule has 0 spiro atoms. The number of carbonyl (C=O) groups is 1. The van der Waals surface area contributed by atoms with Gasteiger partial charge in [0.15, 0.2) is 5.82 Å². The molecule has 6 heteroatoms. The Morgan fingerprint density at radius 1 is 1.32 bits per heavy atom. The van der Waals surface area contributed by atoms with Crippen LogP contribution in [0.15, 0.2) is 36.7 Å². The lowest BCUT2D eigenvalue weighted by atomic mass is 10.3. The molecule has 0 aliphatic heterocycles. The number of nitrogens with one attached hydrogen (secondary N) is 1. The van der Waals surface area contributed by atoms with Crippen molar-refractivity contribution in [3.8, 4) is 5.88 Å². The minimum absolute atomic E-state index is 0.231. The molecular formula is C13H14N4O2. The van der Waals surface area contributed by atoms with E-state index in [4.69, 9.17) is 10.5 Å². The van der Waals surface area contributed by atoms with E-state index in [1.165, 1.54) is 6.92 Å². The van der Waals surface area contributed by atoms with E-state index in [2.05, 4.69) is 15.3 Å². The van der Waals surface area contributed by atoms with Crippen molar-refractivity contribution < 1.29 is 9.53 Å². The zero-order chi connectivity index (χ0) is 13.7. The highest BCUT2D eigenvalue weighted by molar-refractivity contribution is 5.90. The number of pyridine rings is 2. The molecule has 0 aromatic carbocycles. The molecule has 1 amide bonds. The van der Waals surface area contributed by atoms with Crippen molar-refractivity contribution in [3.05, 3.63) is 42.2 Å². The molecule has 0 bridgehead atoms. The van der Waals surface area contributed by atoms with Crippen molar-refractivity contribution >= 4 is 17.4 Å². The van der Waals surface area contributed by atoms with Gasteiger partial charge in [-0.15, -0.1) is 0 Å². The van der Waals surface area contributed by atoms with Crippen molar-refractivity contribution in [3.63, 3.8) is 0 Å². The predicted octanol–water partition coefficient (Wildman–Crippen LogP) is 1.60. The van der Waals surface area contributed by atoms with Crippen LogP contribution in [0.5, 0.6) is 5.88 Å². The van der Waals surface area contributed by atoms with Gasteiger partial charge >= 0.3 is 0 Å². The van der Waals surface area contributed by atoms with E-state index >= 15 is 0 Å². The van der Waals surface area contributed by atoms with Crippen LogP contribution >= 0.6 is 0 Å². The number of ether oxygens (including phenoxy) is 1. The lowest BCUT2D eigenvalue weighted by Gasteiger charge is -2.09. The Hall–Kier alpha value is -2.63. The Bertz CT molecular complexity index is 572. The topological polar surface area (TPSA) is 90.1 Å². The zero-order valence-corrected chi connectivity index (χ0v) is 10.5. The molecule has 2 rings (SSSR count). The van der Waals surface area contributed by atoms with Crippen LogP contribution in [0, 0.1) is 0 Å². The standard InChI is InChI=1S/C13H14N4O2/c1-9(18)16-13-11(14)2-3-12(17-13)19-8-10-4-6-15-7-5-10/h2-7H,8,14H2,1H3,(H,16,17,18). The van der Waals surface area contributed by atoms with Crippen LogP contribution in [-0.2, 0) is 11.4 Å². The molecule has 0 fully saturated rings. The maximum Gasteiger partial charge on any atom is 0.222 e. The van der Waals surface area contributed by atoms with E-state index in [0.717, 1.165) is 5.56 Å². The Balaban J connectivity index is 2.06. The van der Waals surface area contributed by atoms with Crippen LogP contribution < -0.4 is 15.8 Å². The van der Waals surface area contributed by atoms with Gasteiger partial charge in [0.1, 0.15) is 6.61 Å². The molecule has 2 aromatic heterocycles. The van der Waals surface area contributed by atoms with E-state index in [-0.39, 0.29) is 5.91 Å². The number of nitrogens with two attached hydrogens (primary N) is 1. The minimum Gasteiger partial charge on any atom is -0.473 e. The third-order valence-electron chi connectivity index (χ3n) is 2.33. The number of rotatable bonds is 4. The van der Waals surface area contributed by atoms with E-state index in [0.29, 0.717) is 24.0 Å². The van der Waals surface area contributed by atoms with Gasteiger partial charge in [0.25, 0.3) is 0 Å². The van der Waals surface area contributed by atoms with Crippen molar-refractivity contribution in [2.24, 2.45) is 0 Å². The Morgan fingerprint density at radius 3 is 2.74 bits per heavy atom. The first kappa shape index (κ1) is 12.8. The SMILES string of the molecule is CC(=O)Nc1nc(OCc2ccncc2)ccc1N.